The van der Waals surface area contributed by atoms with E-state index < -0.39 is 0 Å². The molecule has 2 aromatic carbocycles. The summed E-state index contributed by atoms with van der Waals surface area (Å²) in [5.74, 6) is 0.408. The SMILES string of the molecule is Cc1cc(C(C)(C)c2cc(C)c(O)c(C)c2)cc(C)c1C. The molecule has 0 bridgehead atoms. The van der Waals surface area contributed by atoms with Crippen LogP contribution in [0.4, 0.5) is 0 Å². The number of hydrogen-bond acceptors (Lipinski definition) is 1. The summed E-state index contributed by atoms with van der Waals surface area (Å²) in [5, 5.41) is 9.99. The van der Waals surface area contributed by atoms with Crippen molar-refractivity contribution in [3.05, 3.63) is 63.2 Å². The van der Waals surface area contributed by atoms with Crippen LogP contribution in [0.1, 0.15) is 52.8 Å². The van der Waals surface area contributed by atoms with Crippen LogP contribution in [0.25, 0.3) is 0 Å². The number of aromatic hydroxyl groups is 1. The zero-order chi connectivity index (χ0) is 15.9. The van der Waals surface area contributed by atoms with Gasteiger partial charge in [-0.2, -0.15) is 0 Å². The first-order chi connectivity index (χ1) is 9.64. The summed E-state index contributed by atoms with van der Waals surface area (Å²) in [6, 6.07) is 8.79. The number of phenols is 1. The Balaban J connectivity index is 2.61. The van der Waals surface area contributed by atoms with Gasteiger partial charge in [-0.25, -0.2) is 0 Å². The van der Waals surface area contributed by atoms with Crippen LogP contribution in [0.2, 0.25) is 0 Å². The van der Waals surface area contributed by atoms with Crippen LogP contribution in [-0.4, -0.2) is 5.11 Å². The van der Waals surface area contributed by atoms with E-state index in [1.807, 2.05) is 13.8 Å². The Kier molecular flexibility index (Phi) is 3.88. The topological polar surface area (TPSA) is 20.2 Å². The molecule has 0 aromatic heterocycles. The fourth-order valence-corrected chi connectivity index (χ4v) is 2.88. The molecule has 0 heterocycles. The number of phenolic OH excluding ortho intramolecular Hbond substituents is 1. The number of rotatable bonds is 2. The van der Waals surface area contributed by atoms with Crippen molar-refractivity contribution in [3.63, 3.8) is 0 Å². The van der Waals surface area contributed by atoms with Crippen LogP contribution in [0.15, 0.2) is 24.3 Å². The van der Waals surface area contributed by atoms with Crippen LogP contribution in [0.3, 0.4) is 0 Å². The highest BCUT2D eigenvalue weighted by Gasteiger charge is 2.25. The van der Waals surface area contributed by atoms with Crippen molar-refractivity contribution in [1.29, 1.82) is 0 Å². The van der Waals surface area contributed by atoms with Gasteiger partial charge in [-0.05, 0) is 73.6 Å². The predicted octanol–water partition coefficient (Wildman–Crippen LogP) is 5.26. The maximum absolute atomic E-state index is 9.99. The van der Waals surface area contributed by atoms with Crippen molar-refractivity contribution in [2.75, 3.05) is 0 Å². The molecule has 0 radical (unpaired) electrons. The molecule has 112 valence electrons. The monoisotopic (exact) mass is 282 g/mol. The second-order valence-electron chi connectivity index (χ2n) is 6.82. The molecule has 2 aromatic rings. The van der Waals surface area contributed by atoms with Gasteiger partial charge < -0.3 is 5.11 Å². The third-order valence-electron chi connectivity index (χ3n) is 4.86. The molecule has 0 aliphatic rings. The van der Waals surface area contributed by atoms with Crippen LogP contribution in [0.5, 0.6) is 5.75 Å². The summed E-state index contributed by atoms with van der Waals surface area (Å²) in [6.07, 6.45) is 0. The van der Waals surface area contributed by atoms with Gasteiger partial charge in [0.25, 0.3) is 0 Å². The number of benzene rings is 2. The van der Waals surface area contributed by atoms with Gasteiger partial charge in [0.2, 0.25) is 0 Å². The van der Waals surface area contributed by atoms with E-state index in [1.54, 1.807) is 0 Å². The van der Waals surface area contributed by atoms with Gasteiger partial charge in [0.15, 0.2) is 0 Å². The van der Waals surface area contributed by atoms with E-state index in [0.29, 0.717) is 5.75 Å². The lowest BCUT2D eigenvalue weighted by atomic mass is 9.75. The minimum Gasteiger partial charge on any atom is -0.507 e. The highest BCUT2D eigenvalue weighted by Crippen LogP contribution is 2.36. The predicted molar refractivity (Wildman–Crippen MR) is 90.4 cm³/mol. The summed E-state index contributed by atoms with van der Waals surface area (Å²) < 4.78 is 0. The van der Waals surface area contributed by atoms with E-state index in [1.165, 1.54) is 27.8 Å². The van der Waals surface area contributed by atoms with Crippen molar-refractivity contribution in [2.45, 2.75) is 53.9 Å². The van der Waals surface area contributed by atoms with Gasteiger partial charge >= 0.3 is 0 Å². The average Bonchev–Trinajstić information content (AvgIpc) is 2.40. The molecule has 0 aliphatic carbocycles. The molecule has 0 atom stereocenters. The number of hydrogen-bond donors (Lipinski definition) is 1. The van der Waals surface area contributed by atoms with Gasteiger partial charge in [0.05, 0.1) is 0 Å². The van der Waals surface area contributed by atoms with Crippen molar-refractivity contribution in [2.24, 2.45) is 0 Å². The second kappa shape index (κ2) is 5.22. The van der Waals surface area contributed by atoms with Crippen LogP contribution < -0.4 is 0 Å². The van der Waals surface area contributed by atoms with E-state index in [2.05, 4.69) is 58.9 Å². The van der Waals surface area contributed by atoms with E-state index in [0.717, 1.165) is 11.1 Å². The molecule has 21 heavy (non-hydrogen) atoms. The highest BCUT2D eigenvalue weighted by atomic mass is 16.3. The maximum Gasteiger partial charge on any atom is 0.121 e. The van der Waals surface area contributed by atoms with E-state index in [9.17, 15) is 5.11 Å². The Hall–Kier alpha value is -1.76. The van der Waals surface area contributed by atoms with Crippen molar-refractivity contribution in [3.8, 4) is 5.75 Å². The Bertz CT molecular complexity index is 587. The molecule has 0 unspecified atom stereocenters. The molecule has 0 amide bonds. The zero-order valence-electron chi connectivity index (χ0n) is 14.3. The van der Waals surface area contributed by atoms with Gasteiger partial charge in [0, 0.05) is 5.41 Å². The van der Waals surface area contributed by atoms with Crippen LogP contribution in [-0.2, 0) is 5.41 Å². The quantitative estimate of drug-likeness (QED) is 0.796. The molecule has 1 N–H and O–H groups in total. The summed E-state index contributed by atoms with van der Waals surface area (Å²) >= 11 is 0. The first kappa shape index (κ1) is 15.6. The minimum absolute atomic E-state index is 0.0769. The third-order valence-corrected chi connectivity index (χ3v) is 4.86. The first-order valence-electron chi connectivity index (χ1n) is 7.53. The Morgan fingerprint density at radius 2 is 1.00 bits per heavy atom. The summed E-state index contributed by atoms with van der Waals surface area (Å²) in [4.78, 5) is 0. The minimum atomic E-state index is -0.0769. The lowest BCUT2D eigenvalue weighted by Gasteiger charge is -2.28. The molecular formula is C20H26O. The Labute approximate surface area is 128 Å². The molecule has 0 spiro atoms. The molecular weight excluding hydrogens is 256 g/mol. The Morgan fingerprint density at radius 3 is 1.38 bits per heavy atom. The van der Waals surface area contributed by atoms with Gasteiger partial charge in [-0.15, -0.1) is 0 Å². The molecule has 0 aliphatic heterocycles. The van der Waals surface area contributed by atoms with E-state index in [-0.39, 0.29) is 5.41 Å². The standard InChI is InChI=1S/C20H26O/c1-12-8-17(9-13(2)16(12)5)20(6,7)18-10-14(3)19(21)15(4)11-18/h8-11,21H,1-7H3. The normalized spacial score (nSPS) is 11.8. The van der Waals surface area contributed by atoms with Crippen LogP contribution >= 0.6 is 0 Å². The smallest absolute Gasteiger partial charge is 0.121 e. The second-order valence-corrected chi connectivity index (χ2v) is 6.82. The largest absolute Gasteiger partial charge is 0.507 e. The fraction of sp³-hybridized carbons (Fsp3) is 0.400. The van der Waals surface area contributed by atoms with Crippen molar-refractivity contribution < 1.29 is 5.11 Å². The fourth-order valence-electron chi connectivity index (χ4n) is 2.88. The summed E-state index contributed by atoms with van der Waals surface area (Å²) in [5.41, 5.74) is 8.43. The first-order valence-corrected chi connectivity index (χ1v) is 7.53. The molecule has 0 saturated heterocycles. The molecule has 1 heteroatoms. The highest BCUT2D eigenvalue weighted by molar-refractivity contribution is 5.49. The number of aryl methyl sites for hydroxylation is 4. The van der Waals surface area contributed by atoms with Crippen molar-refractivity contribution >= 4 is 0 Å². The van der Waals surface area contributed by atoms with Gasteiger partial charge in [-0.3, -0.25) is 0 Å². The summed E-state index contributed by atoms with van der Waals surface area (Å²) in [7, 11) is 0. The maximum atomic E-state index is 9.99. The molecule has 0 fully saturated rings. The van der Waals surface area contributed by atoms with E-state index in [4.69, 9.17) is 0 Å². The lowest BCUT2D eigenvalue weighted by molar-refractivity contribution is 0.465. The van der Waals surface area contributed by atoms with E-state index >= 15 is 0 Å². The average molecular weight is 282 g/mol. The Morgan fingerprint density at radius 1 is 0.667 bits per heavy atom. The molecule has 0 saturated carbocycles. The van der Waals surface area contributed by atoms with Crippen molar-refractivity contribution in [1.82, 2.24) is 0 Å². The van der Waals surface area contributed by atoms with Crippen LogP contribution in [0, 0.1) is 34.6 Å². The molecule has 1 nitrogen and oxygen atoms in total. The summed E-state index contributed by atoms with van der Waals surface area (Å²) in [6.45, 7) is 15.0. The molecule has 2 rings (SSSR count). The van der Waals surface area contributed by atoms with Gasteiger partial charge in [-0.1, -0.05) is 38.1 Å². The lowest BCUT2D eigenvalue weighted by Crippen LogP contribution is -2.20. The zero-order valence-corrected chi connectivity index (χ0v) is 14.3. The van der Waals surface area contributed by atoms with Gasteiger partial charge in [0.1, 0.15) is 5.75 Å². The third kappa shape index (κ3) is 2.70.